The van der Waals surface area contributed by atoms with Gasteiger partial charge in [-0.2, -0.15) is 0 Å². The number of carbonyl (C=O) groups is 1. The number of hydrogen-bond donors (Lipinski definition) is 0. The van der Waals surface area contributed by atoms with Gasteiger partial charge < -0.3 is 4.90 Å². The predicted molar refractivity (Wildman–Crippen MR) is 98.1 cm³/mol. The molecule has 1 aliphatic rings. The van der Waals surface area contributed by atoms with E-state index in [9.17, 15) is 9.18 Å². The summed E-state index contributed by atoms with van der Waals surface area (Å²) >= 11 is 13.6. The Bertz CT molecular complexity index is 756. The van der Waals surface area contributed by atoms with E-state index in [1.807, 2.05) is 29.2 Å². The third-order valence-electron chi connectivity index (χ3n) is 3.96. The summed E-state index contributed by atoms with van der Waals surface area (Å²) < 4.78 is 13.2. The van der Waals surface area contributed by atoms with Gasteiger partial charge in [-0.05, 0) is 41.8 Å². The van der Waals surface area contributed by atoms with Crippen LogP contribution in [-0.4, -0.2) is 23.1 Å². The monoisotopic (exact) mass is 383 g/mol. The number of carbonyl (C=O) groups excluding carboxylic acids is 1. The minimum absolute atomic E-state index is 0.00741. The second-order valence-corrected chi connectivity index (χ2v) is 7.65. The summed E-state index contributed by atoms with van der Waals surface area (Å²) in [5.74, 6) is 0.555. The molecule has 6 heteroatoms. The van der Waals surface area contributed by atoms with Crippen molar-refractivity contribution in [3.8, 4) is 0 Å². The average Bonchev–Trinajstić information content (AvgIpc) is 3.05. The number of halogens is 3. The van der Waals surface area contributed by atoms with Gasteiger partial charge in [0.1, 0.15) is 11.2 Å². The molecule has 3 rings (SSSR count). The maximum Gasteiger partial charge on any atom is 0.224 e. The van der Waals surface area contributed by atoms with Crippen molar-refractivity contribution in [3.63, 3.8) is 0 Å². The van der Waals surface area contributed by atoms with Crippen LogP contribution >= 0.6 is 35.0 Å². The van der Waals surface area contributed by atoms with Gasteiger partial charge in [-0.25, -0.2) is 4.39 Å². The Kier molecular flexibility index (Phi) is 5.69. The summed E-state index contributed by atoms with van der Waals surface area (Å²) in [6.07, 6.45) is 0.919. The van der Waals surface area contributed by atoms with Crippen molar-refractivity contribution >= 4 is 40.9 Å². The third-order valence-corrected chi connectivity index (χ3v) is 5.74. The molecule has 2 aromatic rings. The number of nitrogens with zero attached hydrogens (tertiary/aromatic N) is 1. The first-order valence-electron chi connectivity index (χ1n) is 7.65. The van der Waals surface area contributed by atoms with Crippen LogP contribution in [0.25, 0.3) is 0 Å². The van der Waals surface area contributed by atoms with E-state index in [4.69, 9.17) is 23.2 Å². The van der Waals surface area contributed by atoms with Crippen LogP contribution in [0.4, 0.5) is 4.39 Å². The van der Waals surface area contributed by atoms with Crippen molar-refractivity contribution in [2.45, 2.75) is 18.2 Å². The Morgan fingerprint density at radius 3 is 2.83 bits per heavy atom. The van der Waals surface area contributed by atoms with Gasteiger partial charge in [-0.3, -0.25) is 4.79 Å². The highest BCUT2D eigenvalue weighted by atomic mass is 35.5. The zero-order chi connectivity index (χ0) is 17.1. The van der Waals surface area contributed by atoms with Gasteiger partial charge in [0, 0.05) is 23.7 Å². The summed E-state index contributed by atoms with van der Waals surface area (Å²) in [5.41, 5.74) is 1.91. The fourth-order valence-electron chi connectivity index (χ4n) is 2.75. The van der Waals surface area contributed by atoms with Crippen LogP contribution in [0.3, 0.4) is 0 Å². The maximum absolute atomic E-state index is 13.2. The lowest BCUT2D eigenvalue weighted by atomic mass is 10.1. The Balaban J connectivity index is 1.66. The van der Waals surface area contributed by atoms with Gasteiger partial charge >= 0.3 is 0 Å². The van der Waals surface area contributed by atoms with Crippen molar-refractivity contribution in [3.05, 3.63) is 69.5 Å². The summed E-state index contributed by atoms with van der Waals surface area (Å²) in [6.45, 7) is 0.727. The molecule has 0 aromatic heterocycles. The van der Waals surface area contributed by atoms with E-state index in [2.05, 4.69) is 0 Å². The highest BCUT2D eigenvalue weighted by molar-refractivity contribution is 7.99. The smallest absolute Gasteiger partial charge is 0.224 e. The van der Waals surface area contributed by atoms with Crippen LogP contribution in [0, 0.1) is 5.82 Å². The molecule has 1 amide bonds. The SMILES string of the molecule is O=C(CCc1ccc(F)c(Cl)c1)N1CCSC1c1cccc(Cl)c1. The molecule has 2 aromatic carbocycles. The first kappa shape index (κ1) is 17.6. The quantitative estimate of drug-likeness (QED) is 0.709. The highest BCUT2D eigenvalue weighted by Gasteiger charge is 2.30. The molecule has 24 heavy (non-hydrogen) atoms. The number of benzene rings is 2. The molecule has 126 valence electrons. The molecular formula is C18H16Cl2FNOS. The van der Waals surface area contributed by atoms with Crippen molar-refractivity contribution in [2.24, 2.45) is 0 Å². The van der Waals surface area contributed by atoms with Gasteiger partial charge in [0.2, 0.25) is 5.91 Å². The lowest BCUT2D eigenvalue weighted by Gasteiger charge is -2.24. The van der Waals surface area contributed by atoms with E-state index >= 15 is 0 Å². The lowest BCUT2D eigenvalue weighted by Crippen LogP contribution is -2.30. The van der Waals surface area contributed by atoms with E-state index in [-0.39, 0.29) is 16.3 Å². The molecule has 0 N–H and O–H groups in total. The van der Waals surface area contributed by atoms with Gasteiger partial charge in [0.05, 0.1) is 5.02 Å². The van der Waals surface area contributed by atoms with E-state index in [0.717, 1.165) is 23.4 Å². The topological polar surface area (TPSA) is 20.3 Å². The zero-order valence-corrected chi connectivity index (χ0v) is 15.2. The van der Waals surface area contributed by atoms with Crippen LogP contribution < -0.4 is 0 Å². The van der Waals surface area contributed by atoms with Crippen molar-refractivity contribution < 1.29 is 9.18 Å². The van der Waals surface area contributed by atoms with Gasteiger partial charge in [0.15, 0.2) is 0 Å². The van der Waals surface area contributed by atoms with E-state index < -0.39 is 5.82 Å². The molecule has 1 atom stereocenters. The molecule has 1 heterocycles. The molecule has 0 spiro atoms. The first-order valence-corrected chi connectivity index (χ1v) is 9.45. The van der Waals surface area contributed by atoms with E-state index in [0.29, 0.717) is 17.9 Å². The molecule has 0 aliphatic carbocycles. The fraction of sp³-hybridized carbons (Fsp3) is 0.278. The highest BCUT2D eigenvalue weighted by Crippen LogP contribution is 2.39. The first-order chi connectivity index (χ1) is 11.5. The minimum Gasteiger partial charge on any atom is -0.326 e. The van der Waals surface area contributed by atoms with Gasteiger partial charge in [-0.15, -0.1) is 11.8 Å². The number of aryl methyl sites for hydroxylation is 1. The van der Waals surface area contributed by atoms with Crippen LogP contribution in [0.2, 0.25) is 10.0 Å². The average molecular weight is 384 g/mol. The lowest BCUT2D eigenvalue weighted by molar-refractivity contribution is -0.131. The Hall–Kier alpha value is -1.23. The Morgan fingerprint density at radius 1 is 1.25 bits per heavy atom. The number of hydrogen-bond acceptors (Lipinski definition) is 2. The largest absolute Gasteiger partial charge is 0.326 e. The molecule has 0 bridgehead atoms. The Morgan fingerprint density at radius 2 is 2.08 bits per heavy atom. The molecule has 1 aliphatic heterocycles. The second-order valence-electron chi connectivity index (χ2n) is 5.61. The molecule has 0 saturated carbocycles. The molecule has 0 radical (unpaired) electrons. The van der Waals surface area contributed by atoms with Crippen molar-refractivity contribution in [1.82, 2.24) is 4.90 Å². The zero-order valence-electron chi connectivity index (χ0n) is 12.8. The predicted octanol–water partition coefficient (Wildman–Crippen LogP) is 5.34. The number of rotatable bonds is 4. The number of thioether (sulfide) groups is 1. The molecule has 2 nitrogen and oxygen atoms in total. The summed E-state index contributed by atoms with van der Waals surface area (Å²) in [5, 5.41) is 0.773. The molecule has 1 saturated heterocycles. The summed E-state index contributed by atoms with van der Waals surface area (Å²) in [4.78, 5) is 14.5. The van der Waals surface area contributed by atoms with E-state index in [1.165, 1.54) is 6.07 Å². The third kappa shape index (κ3) is 4.05. The number of amides is 1. The fourth-order valence-corrected chi connectivity index (χ4v) is 4.42. The molecular weight excluding hydrogens is 368 g/mol. The normalized spacial score (nSPS) is 17.3. The summed E-state index contributed by atoms with van der Waals surface area (Å²) in [6, 6.07) is 12.2. The molecule has 1 unspecified atom stereocenters. The minimum atomic E-state index is -0.441. The van der Waals surface area contributed by atoms with Crippen LogP contribution in [0.5, 0.6) is 0 Å². The van der Waals surface area contributed by atoms with Gasteiger partial charge in [0.25, 0.3) is 0 Å². The van der Waals surface area contributed by atoms with Gasteiger partial charge in [-0.1, -0.05) is 41.4 Å². The standard InChI is InChI=1S/C18H16Cl2FNOS/c19-14-3-1-2-13(11-14)18-22(8-9-24-18)17(23)7-5-12-4-6-16(21)15(20)10-12/h1-4,6,10-11,18H,5,7-9H2. The van der Waals surface area contributed by atoms with Crippen LogP contribution in [0.1, 0.15) is 22.9 Å². The van der Waals surface area contributed by atoms with Crippen LogP contribution in [0.15, 0.2) is 42.5 Å². The van der Waals surface area contributed by atoms with Crippen molar-refractivity contribution in [1.29, 1.82) is 0 Å². The van der Waals surface area contributed by atoms with E-state index in [1.54, 1.807) is 23.9 Å². The Labute approximate surface area is 154 Å². The van der Waals surface area contributed by atoms with Crippen molar-refractivity contribution in [2.75, 3.05) is 12.3 Å². The van der Waals surface area contributed by atoms with Crippen LogP contribution in [-0.2, 0) is 11.2 Å². The summed E-state index contributed by atoms with van der Waals surface area (Å²) in [7, 11) is 0. The second kappa shape index (κ2) is 7.77. The maximum atomic E-state index is 13.2. The molecule has 1 fully saturated rings.